The van der Waals surface area contributed by atoms with Crippen molar-refractivity contribution in [3.05, 3.63) is 59.7 Å². The SMILES string of the molecule is [CH2]c1ccccc1[SH]1C=CC=C1. The minimum Gasteiger partial charge on any atom is -0.186 e. The molecule has 1 aromatic carbocycles. The summed E-state index contributed by atoms with van der Waals surface area (Å²) in [7, 11) is -0.185. The van der Waals surface area contributed by atoms with E-state index >= 15 is 0 Å². The molecular weight excluding hydrogens is 164 g/mol. The van der Waals surface area contributed by atoms with Gasteiger partial charge < -0.3 is 0 Å². The van der Waals surface area contributed by atoms with Gasteiger partial charge in [-0.3, -0.25) is 0 Å². The first-order valence-corrected chi connectivity index (χ1v) is 5.40. The van der Waals surface area contributed by atoms with Crippen molar-refractivity contribution in [3.63, 3.8) is 0 Å². The summed E-state index contributed by atoms with van der Waals surface area (Å²) in [6.45, 7) is 4.01. The van der Waals surface area contributed by atoms with Crippen molar-refractivity contribution in [3.8, 4) is 0 Å². The van der Waals surface area contributed by atoms with Crippen LogP contribution in [0.25, 0.3) is 0 Å². The lowest BCUT2D eigenvalue weighted by atomic mass is 10.2. The fourth-order valence-electron chi connectivity index (χ4n) is 1.26. The topological polar surface area (TPSA) is 0 Å². The highest BCUT2D eigenvalue weighted by Crippen LogP contribution is 2.43. The van der Waals surface area contributed by atoms with Gasteiger partial charge in [0.05, 0.1) is 0 Å². The molecule has 0 nitrogen and oxygen atoms in total. The van der Waals surface area contributed by atoms with Gasteiger partial charge in [-0.05, 0) is 34.3 Å². The molecule has 0 N–H and O–H groups in total. The Labute approximate surface area is 76.0 Å². The summed E-state index contributed by atoms with van der Waals surface area (Å²) < 4.78 is 0. The third-order valence-electron chi connectivity index (χ3n) is 1.87. The molecule has 1 aliphatic rings. The zero-order valence-electron chi connectivity index (χ0n) is 6.77. The van der Waals surface area contributed by atoms with Gasteiger partial charge >= 0.3 is 0 Å². The third-order valence-corrected chi connectivity index (χ3v) is 3.85. The van der Waals surface area contributed by atoms with Crippen LogP contribution in [0.2, 0.25) is 0 Å². The molecule has 0 spiro atoms. The first-order valence-electron chi connectivity index (χ1n) is 3.92. The minimum atomic E-state index is -0.185. The molecule has 0 aromatic heterocycles. The quantitative estimate of drug-likeness (QED) is 0.622. The number of allylic oxidation sites excluding steroid dienone is 2. The molecule has 1 aromatic rings. The van der Waals surface area contributed by atoms with Gasteiger partial charge in [0.1, 0.15) is 0 Å². The second kappa shape index (κ2) is 3.20. The zero-order valence-corrected chi connectivity index (χ0v) is 7.67. The van der Waals surface area contributed by atoms with Gasteiger partial charge in [-0.1, -0.05) is 30.4 Å². The van der Waals surface area contributed by atoms with E-state index in [0.29, 0.717) is 0 Å². The average Bonchev–Trinajstić information content (AvgIpc) is 2.57. The van der Waals surface area contributed by atoms with Crippen molar-refractivity contribution >= 4 is 10.9 Å². The van der Waals surface area contributed by atoms with Gasteiger partial charge in [0, 0.05) is 0 Å². The highest BCUT2D eigenvalue weighted by Gasteiger charge is 2.04. The van der Waals surface area contributed by atoms with Crippen LogP contribution >= 0.6 is 10.9 Å². The van der Waals surface area contributed by atoms with Crippen molar-refractivity contribution in [2.45, 2.75) is 4.90 Å². The van der Waals surface area contributed by atoms with Crippen LogP contribution in [-0.4, -0.2) is 0 Å². The van der Waals surface area contributed by atoms with Crippen LogP contribution in [0.15, 0.2) is 52.1 Å². The zero-order chi connectivity index (χ0) is 8.39. The lowest BCUT2D eigenvalue weighted by Crippen LogP contribution is -1.79. The molecule has 1 heteroatoms. The van der Waals surface area contributed by atoms with Crippen LogP contribution in [0.5, 0.6) is 0 Å². The third kappa shape index (κ3) is 1.32. The first kappa shape index (κ1) is 7.69. The van der Waals surface area contributed by atoms with Crippen LogP contribution < -0.4 is 0 Å². The Morgan fingerprint density at radius 1 is 1.00 bits per heavy atom. The second-order valence-corrected chi connectivity index (χ2v) is 4.61. The molecule has 0 saturated carbocycles. The van der Waals surface area contributed by atoms with Gasteiger partial charge in [0.15, 0.2) is 0 Å². The van der Waals surface area contributed by atoms with E-state index in [1.54, 1.807) is 0 Å². The molecule has 1 heterocycles. The standard InChI is InChI=1S/C11H11S/c1-10-6-2-3-7-11(10)12-8-4-5-9-12/h2-9,12H,1H2. The molecule has 1 radical (unpaired) electrons. The summed E-state index contributed by atoms with van der Waals surface area (Å²) in [5.74, 6) is 0. The Hall–Kier alpha value is -0.950. The molecule has 2 rings (SSSR count). The van der Waals surface area contributed by atoms with E-state index in [4.69, 9.17) is 0 Å². The molecule has 61 valence electrons. The molecule has 0 aliphatic carbocycles. The van der Waals surface area contributed by atoms with Gasteiger partial charge in [0.2, 0.25) is 0 Å². The number of rotatable bonds is 1. The van der Waals surface area contributed by atoms with Crippen LogP contribution in [0, 0.1) is 6.92 Å². The van der Waals surface area contributed by atoms with Crippen LogP contribution in [0.1, 0.15) is 5.56 Å². The maximum absolute atomic E-state index is 4.01. The second-order valence-electron chi connectivity index (χ2n) is 2.72. The summed E-state index contributed by atoms with van der Waals surface area (Å²) in [6.07, 6.45) is 4.22. The fraction of sp³-hybridized carbons (Fsp3) is 0. The van der Waals surface area contributed by atoms with E-state index in [-0.39, 0.29) is 10.9 Å². The molecular formula is C11H11S. The summed E-state index contributed by atoms with van der Waals surface area (Å²) in [5.41, 5.74) is 1.15. The number of hydrogen-bond donors (Lipinski definition) is 1. The normalized spacial score (nSPS) is 17.2. The van der Waals surface area contributed by atoms with Crippen molar-refractivity contribution in [1.82, 2.24) is 0 Å². The van der Waals surface area contributed by atoms with Gasteiger partial charge in [-0.15, -0.1) is 0 Å². The highest BCUT2D eigenvalue weighted by molar-refractivity contribution is 8.22. The van der Waals surface area contributed by atoms with E-state index < -0.39 is 0 Å². The van der Waals surface area contributed by atoms with Gasteiger partial charge in [-0.2, -0.15) is 10.9 Å². The molecule has 0 unspecified atom stereocenters. The van der Waals surface area contributed by atoms with Crippen molar-refractivity contribution in [1.29, 1.82) is 0 Å². The van der Waals surface area contributed by atoms with E-state index in [2.05, 4.69) is 48.1 Å². The monoisotopic (exact) mass is 175 g/mol. The lowest BCUT2D eigenvalue weighted by molar-refractivity contribution is 1.39. The van der Waals surface area contributed by atoms with Crippen molar-refractivity contribution < 1.29 is 0 Å². The molecule has 0 amide bonds. The summed E-state index contributed by atoms with van der Waals surface area (Å²) in [6, 6.07) is 8.34. The average molecular weight is 175 g/mol. The van der Waals surface area contributed by atoms with Crippen molar-refractivity contribution in [2.24, 2.45) is 0 Å². The van der Waals surface area contributed by atoms with Crippen LogP contribution in [0.3, 0.4) is 0 Å². The predicted octanol–water partition coefficient (Wildman–Crippen LogP) is 3.27. The smallest absolute Gasteiger partial charge is 0.00229 e. The molecule has 1 aliphatic heterocycles. The van der Waals surface area contributed by atoms with Crippen molar-refractivity contribution in [2.75, 3.05) is 0 Å². The lowest BCUT2D eigenvalue weighted by Gasteiger charge is -2.12. The maximum Gasteiger partial charge on any atom is -0.00229 e. The van der Waals surface area contributed by atoms with Crippen LogP contribution in [0.4, 0.5) is 0 Å². The van der Waals surface area contributed by atoms with E-state index in [1.807, 2.05) is 6.07 Å². The predicted molar refractivity (Wildman–Crippen MR) is 56.4 cm³/mol. The first-order chi connectivity index (χ1) is 5.88. The highest BCUT2D eigenvalue weighted by atomic mass is 32.2. The molecule has 12 heavy (non-hydrogen) atoms. The Morgan fingerprint density at radius 2 is 1.67 bits per heavy atom. The molecule has 0 saturated heterocycles. The molecule has 0 bridgehead atoms. The molecule has 0 atom stereocenters. The number of thiol groups is 1. The minimum absolute atomic E-state index is 0.185. The Kier molecular flexibility index (Phi) is 2.05. The van der Waals surface area contributed by atoms with E-state index in [0.717, 1.165) is 5.56 Å². The Morgan fingerprint density at radius 3 is 2.33 bits per heavy atom. The Bertz CT molecular complexity index is 325. The van der Waals surface area contributed by atoms with E-state index in [9.17, 15) is 0 Å². The largest absolute Gasteiger partial charge is 0.186 e. The molecule has 0 fully saturated rings. The Balaban J connectivity index is 2.39. The maximum atomic E-state index is 4.01. The fourth-order valence-corrected chi connectivity index (χ4v) is 2.91. The van der Waals surface area contributed by atoms with E-state index in [1.165, 1.54) is 4.90 Å². The van der Waals surface area contributed by atoms with Gasteiger partial charge in [-0.25, -0.2) is 0 Å². The van der Waals surface area contributed by atoms with Crippen LogP contribution in [-0.2, 0) is 0 Å². The van der Waals surface area contributed by atoms with Gasteiger partial charge in [0.25, 0.3) is 0 Å². The summed E-state index contributed by atoms with van der Waals surface area (Å²) in [5, 5.41) is 4.50. The summed E-state index contributed by atoms with van der Waals surface area (Å²) in [4.78, 5) is 1.37. The number of benzene rings is 1. The summed E-state index contributed by atoms with van der Waals surface area (Å²) >= 11 is 0. The number of hydrogen-bond acceptors (Lipinski definition) is 0.